The molecular weight excluding hydrogens is 332 g/mol. The van der Waals surface area contributed by atoms with Crippen LogP contribution in [0.5, 0.6) is 0 Å². The van der Waals surface area contributed by atoms with Crippen LogP contribution < -0.4 is 5.32 Å². The van der Waals surface area contributed by atoms with Gasteiger partial charge in [-0.1, -0.05) is 13.8 Å². The predicted octanol–water partition coefficient (Wildman–Crippen LogP) is 3.56. The number of nitrogens with zero attached hydrogens (tertiary/aromatic N) is 3. The van der Waals surface area contributed by atoms with Crippen molar-refractivity contribution in [1.82, 2.24) is 19.8 Å². The molecule has 0 spiro atoms. The van der Waals surface area contributed by atoms with E-state index in [1.807, 2.05) is 16.8 Å². The fourth-order valence-corrected chi connectivity index (χ4v) is 4.39. The highest BCUT2D eigenvalue weighted by atomic mass is 32.1. The lowest BCUT2D eigenvalue weighted by atomic mass is 10.1. The topological polar surface area (TPSA) is 50.2 Å². The molecule has 1 atom stereocenters. The molecule has 3 heterocycles. The van der Waals surface area contributed by atoms with Gasteiger partial charge in [0.2, 0.25) is 0 Å². The molecule has 25 heavy (non-hydrogen) atoms. The maximum Gasteiger partial charge on any atom is 0.261 e. The molecule has 0 bridgehead atoms. The number of carbonyl (C=O) groups is 1. The van der Waals surface area contributed by atoms with Gasteiger partial charge >= 0.3 is 0 Å². The second-order valence-electron chi connectivity index (χ2n) is 7.13. The molecule has 0 unspecified atom stereocenters. The van der Waals surface area contributed by atoms with E-state index in [9.17, 15) is 4.79 Å². The van der Waals surface area contributed by atoms with Gasteiger partial charge in [0.05, 0.1) is 11.2 Å². The van der Waals surface area contributed by atoms with E-state index in [1.165, 1.54) is 30.7 Å². The lowest BCUT2D eigenvalue weighted by Gasteiger charge is -2.24. The fourth-order valence-electron chi connectivity index (χ4n) is 3.30. The molecule has 3 rings (SSSR count). The minimum atomic E-state index is 0.0306. The molecule has 5 nitrogen and oxygen atoms in total. The van der Waals surface area contributed by atoms with Crippen molar-refractivity contribution >= 4 is 17.2 Å². The molecule has 2 aromatic heterocycles. The number of likely N-dealkylation sites (tertiary alicyclic amines) is 1. The van der Waals surface area contributed by atoms with Crippen LogP contribution in [0.2, 0.25) is 0 Å². The molecule has 136 valence electrons. The first kappa shape index (κ1) is 18.1. The largest absolute Gasteiger partial charge is 0.350 e. The van der Waals surface area contributed by atoms with Crippen LogP contribution in [0, 0.1) is 5.92 Å². The predicted molar refractivity (Wildman–Crippen MR) is 102 cm³/mol. The summed E-state index contributed by atoms with van der Waals surface area (Å²) in [5.41, 5.74) is 0. The molecular formula is C19H28N4OS. The second-order valence-corrected chi connectivity index (χ2v) is 8.25. The lowest BCUT2D eigenvalue weighted by molar-refractivity contribution is 0.0956. The Kier molecular flexibility index (Phi) is 6.26. The van der Waals surface area contributed by atoms with Crippen molar-refractivity contribution in [2.45, 2.75) is 45.7 Å². The molecule has 0 aromatic carbocycles. The van der Waals surface area contributed by atoms with Gasteiger partial charge in [0.25, 0.3) is 5.91 Å². The SMILES string of the molecule is CC(C)CCN1CCC[C@H]1c1ccc(C(=O)NCCn2ccnc2)s1. The van der Waals surface area contributed by atoms with Crippen LogP contribution in [0.1, 0.15) is 53.7 Å². The van der Waals surface area contributed by atoms with Crippen molar-refractivity contribution in [3.63, 3.8) is 0 Å². The molecule has 1 fully saturated rings. The summed E-state index contributed by atoms with van der Waals surface area (Å²) >= 11 is 1.65. The number of amides is 1. The third-order valence-electron chi connectivity index (χ3n) is 4.75. The van der Waals surface area contributed by atoms with Crippen LogP contribution in [-0.4, -0.2) is 40.0 Å². The zero-order valence-corrected chi connectivity index (χ0v) is 16.0. The number of thiophene rings is 1. The van der Waals surface area contributed by atoms with Crippen LogP contribution in [0.15, 0.2) is 30.9 Å². The molecule has 1 aliphatic heterocycles. The van der Waals surface area contributed by atoms with Gasteiger partial charge in [-0.05, 0) is 50.4 Å². The maximum absolute atomic E-state index is 12.4. The standard InChI is InChI=1S/C19H28N4OS/c1-15(2)7-11-23-10-3-4-16(23)17-5-6-18(25-17)19(24)21-9-13-22-12-8-20-14-22/h5-6,8,12,14-16H,3-4,7,9-11,13H2,1-2H3,(H,21,24)/t16-/m0/s1. The third-order valence-corrected chi connectivity index (χ3v) is 5.94. The summed E-state index contributed by atoms with van der Waals surface area (Å²) in [6.45, 7) is 8.27. The Balaban J connectivity index is 1.53. The number of nitrogens with one attached hydrogen (secondary N) is 1. The van der Waals surface area contributed by atoms with Gasteiger partial charge in [-0.3, -0.25) is 9.69 Å². The molecule has 0 aliphatic carbocycles. The molecule has 1 aliphatic rings. The molecule has 1 N–H and O–H groups in total. The zero-order chi connectivity index (χ0) is 17.6. The van der Waals surface area contributed by atoms with Gasteiger partial charge in [-0.25, -0.2) is 4.98 Å². The Bertz CT molecular complexity index is 665. The van der Waals surface area contributed by atoms with Crippen molar-refractivity contribution < 1.29 is 4.79 Å². The summed E-state index contributed by atoms with van der Waals surface area (Å²) in [5.74, 6) is 0.768. The number of hydrogen-bond acceptors (Lipinski definition) is 4. The first-order valence-electron chi connectivity index (χ1n) is 9.21. The van der Waals surface area contributed by atoms with E-state index in [0.29, 0.717) is 12.6 Å². The molecule has 1 saturated heterocycles. The van der Waals surface area contributed by atoms with E-state index in [4.69, 9.17) is 0 Å². The first-order valence-corrected chi connectivity index (χ1v) is 10.0. The van der Waals surface area contributed by atoms with Crippen LogP contribution in [-0.2, 0) is 6.54 Å². The Morgan fingerprint density at radius 3 is 3.04 bits per heavy atom. The number of imidazole rings is 1. The van der Waals surface area contributed by atoms with Crippen LogP contribution in [0.3, 0.4) is 0 Å². The summed E-state index contributed by atoms with van der Waals surface area (Å²) in [6, 6.07) is 4.62. The monoisotopic (exact) mass is 360 g/mol. The number of rotatable bonds is 8. The van der Waals surface area contributed by atoms with E-state index in [1.54, 1.807) is 23.9 Å². The van der Waals surface area contributed by atoms with Crippen LogP contribution in [0.25, 0.3) is 0 Å². The average molecular weight is 361 g/mol. The van der Waals surface area contributed by atoms with Crippen molar-refractivity contribution in [1.29, 1.82) is 0 Å². The molecule has 1 amide bonds. The van der Waals surface area contributed by atoms with E-state index < -0.39 is 0 Å². The van der Waals surface area contributed by atoms with Crippen LogP contribution >= 0.6 is 11.3 Å². The van der Waals surface area contributed by atoms with Crippen molar-refractivity contribution in [2.24, 2.45) is 5.92 Å². The number of carbonyl (C=O) groups excluding carboxylic acids is 1. The van der Waals surface area contributed by atoms with Gasteiger partial charge < -0.3 is 9.88 Å². The van der Waals surface area contributed by atoms with Gasteiger partial charge in [-0.2, -0.15) is 0 Å². The number of hydrogen-bond donors (Lipinski definition) is 1. The smallest absolute Gasteiger partial charge is 0.261 e. The fraction of sp³-hybridized carbons (Fsp3) is 0.579. The number of aromatic nitrogens is 2. The Labute approximate surface area is 154 Å². The van der Waals surface area contributed by atoms with E-state index in [0.717, 1.165) is 23.9 Å². The minimum Gasteiger partial charge on any atom is -0.350 e. The quantitative estimate of drug-likeness (QED) is 0.783. The van der Waals surface area contributed by atoms with Gasteiger partial charge in [0.1, 0.15) is 0 Å². The normalized spacial score (nSPS) is 18.1. The first-order chi connectivity index (χ1) is 12.1. The van der Waals surface area contributed by atoms with Gasteiger partial charge in [0.15, 0.2) is 0 Å². The minimum absolute atomic E-state index is 0.0306. The van der Waals surface area contributed by atoms with Crippen molar-refractivity contribution in [3.05, 3.63) is 40.6 Å². The maximum atomic E-state index is 12.4. The summed E-state index contributed by atoms with van der Waals surface area (Å²) in [7, 11) is 0. The Morgan fingerprint density at radius 2 is 2.28 bits per heavy atom. The molecule has 0 saturated carbocycles. The van der Waals surface area contributed by atoms with E-state index in [-0.39, 0.29) is 5.91 Å². The Morgan fingerprint density at radius 1 is 1.40 bits per heavy atom. The molecule has 0 radical (unpaired) electrons. The highest BCUT2D eigenvalue weighted by molar-refractivity contribution is 7.14. The highest BCUT2D eigenvalue weighted by Crippen LogP contribution is 2.36. The van der Waals surface area contributed by atoms with Crippen molar-refractivity contribution in [3.8, 4) is 0 Å². The van der Waals surface area contributed by atoms with E-state index >= 15 is 0 Å². The summed E-state index contributed by atoms with van der Waals surface area (Å²) in [4.78, 5) is 21.1. The molecule has 6 heteroatoms. The van der Waals surface area contributed by atoms with Crippen molar-refractivity contribution in [2.75, 3.05) is 19.6 Å². The van der Waals surface area contributed by atoms with Crippen LogP contribution in [0.4, 0.5) is 0 Å². The van der Waals surface area contributed by atoms with E-state index in [2.05, 4.69) is 35.1 Å². The van der Waals surface area contributed by atoms with Gasteiger partial charge in [-0.15, -0.1) is 11.3 Å². The zero-order valence-electron chi connectivity index (χ0n) is 15.1. The summed E-state index contributed by atoms with van der Waals surface area (Å²) in [6.07, 6.45) is 9.12. The Hall–Kier alpha value is -1.66. The lowest BCUT2D eigenvalue weighted by Crippen LogP contribution is -2.26. The average Bonchev–Trinajstić information content (AvgIpc) is 3.33. The second kappa shape index (κ2) is 8.63. The summed E-state index contributed by atoms with van der Waals surface area (Å²) in [5, 5.41) is 3.00. The third kappa shape index (κ3) is 4.92. The highest BCUT2D eigenvalue weighted by Gasteiger charge is 2.27. The summed E-state index contributed by atoms with van der Waals surface area (Å²) < 4.78 is 1.96. The van der Waals surface area contributed by atoms with Gasteiger partial charge in [0, 0.05) is 36.4 Å². The molecule has 2 aromatic rings.